The van der Waals surface area contributed by atoms with Gasteiger partial charge in [-0.1, -0.05) is 38.1 Å². The first-order chi connectivity index (χ1) is 9.11. The molecule has 0 fully saturated rings. The van der Waals surface area contributed by atoms with E-state index in [9.17, 15) is 0 Å². The second kappa shape index (κ2) is 6.36. The molecule has 0 amide bonds. The molecule has 1 atom stereocenters. The summed E-state index contributed by atoms with van der Waals surface area (Å²) in [6.45, 7) is 6.67. The van der Waals surface area contributed by atoms with E-state index in [-0.39, 0.29) is 0 Å². The molecule has 102 valence electrons. The molecule has 0 saturated carbocycles. The topological polar surface area (TPSA) is 12.0 Å². The van der Waals surface area contributed by atoms with Crippen molar-refractivity contribution < 1.29 is 0 Å². The van der Waals surface area contributed by atoms with Gasteiger partial charge in [-0.05, 0) is 54.4 Å². The summed E-state index contributed by atoms with van der Waals surface area (Å²) < 4.78 is 0. The zero-order valence-corrected chi connectivity index (χ0v) is 13.1. The Morgan fingerprint density at radius 3 is 2.26 bits per heavy atom. The summed E-state index contributed by atoms with van der Waals surface area (Å²) in [4.78, 5) is 1.45. The number of thiophene rings is 1. The Balaban J connectivity index is 2.13. The van der Waals surface area contributed by atoms with Crippen LogP contribution in [0.15, 0.2) is 35.7 Å². The number of hydrogen-bond acceptors (Lipinski definition) is 2. The summed E-state index contributed by atoms with van der Waals surface area (Å²) in [5.74, 6) is 0.605. The van der Waals surface area contributed by atoms with Gasteiger partial charge < -0.3 is 5.32 Å². The molecule has 0 aliphatic rings. The highest BCUT2D eigenvalue weighted by Crippen LogP contribution is 2.27. The van der Waals surface area contributed by atoms with Crippen LogP contribution in [0.4, 0.5) is 0 Å². The predicted molar refractivity (Wildman–Crippen MR) is 85.1 cm³/mol. The minimum Gasteiger partial charge on any atom is -0.312 e. The van der Waals surface area contributed by atoms with Gasteiger partial charge in [-0.15, -0.1) is 11.3 Å². The first-order valence-corrected chi connectivity index (χ1v) is 7.80. The minimum absolute atomic E-state index is 0.421. The molecule has 1 aromatic carbocycles. The lowest BCUT2D eigenvalue weighted by Gasteiger charge is -2.16. The number of nitrogens with one attached hydrogen (secondary N) is 1. The fraction of sp³-hybridized carbons (Fsp3) is 0.412. The van der Waals surface area contributed by atoms with E-state index in [1.54, 1.807) is 0 Å². The third-order valence-corrected chi connectivity index (χ3v) is 4.79. The van der Waals surface area contributed by atoms with Gasteiger partial charge in [0.15, 0.2) is 0 Å². The lowest BCUT2D eigenvalue weighted by Crippen LogP contribution is -2.18. The molecule has 19 heavy (non-hydrogen) atoms. The summed E-state index contributed by atoms with van der Waals surface area (Å²) in [5.41, 5.74) is 4.21. The van der Waals surface area contributed by atoms with Gasteiger partial charge in [0.25, 0.3) is 0 Å². The van der Waals surface area contributed by atoms with Crippen molar-refractivity contribution in [1.82, 2.24) is 5.32 Å². The van der Waals surface area contributed by atoms with Crippen LogP contribution < -0.4 is 5.32 Å². The van der Waals surface area contributed by atoms with Crippen molar-refractivity contribution in [3.8, 4) is 0 Å². The smallest absolute Gasteiger partial charge is 0.0455 e. The van der Waals surface area contributed by atoms with Crippen LogP contribution in [0, 0.1) is 6.92 Å². The van der Waals surface area contributed by atoms with Crippen LogP contribution in [-0.4, -0.2) is 7.05 Å². The van der Waals surface area contributed by atoms with Crippen molar-refractivity contribution in [3.05, 3.63) is 57.3 Å². The number of hydrogen-bond donors (Lipinski definition) is 1. The SMILES string of the molecule is CNC(Cc1ccc(C(C)C)cc1)c1sccc1C. The molecule has 0 spiro atoms. The second-order valence-electron chi connectivity index (χ2n) is 5.41. The molecular formula is C17H23NS. The van der Waals surface area contributed by atoms with Gasteiger partial charge in [0.1, 0.15) is 0 Å². The van der Waals surface area contributed by atoms with Crippen molar-refractivity contribution in [2.24, 2.45) is 0 Å². The molecule has 2 aromatic rings. The molecule has 1 nitrogen and oxygen atoms in total. The fourth-order valence-corrected chi connectivity index (χ4v) is 3.38. The molecular weight excluding hydrogens is 250 g/mol. The van der Waals surface area contributed by atoms with E-state index in [0.29, 0.717) is 12.0 Å². The quantitative estimate of drug-likeness (QED) is 0.834. The Morgan fingerprint density at radius 1 is 1.11 bits per heavy atom. The Kier molecular flexibility index (Phi) is 4.78. The van der Waals surface area contributed by atoms with Gasteiger partial charge >= 0.3 is 0 Å². The summed E-state index contributed by atoms with van der Waals surface area (Å²) in [6.07, 6.45) is 1.05. The highest BCUT2D eigenvalue weighted by molar-refractivity contribution is 7.10. The summed E-state index contributed by atoms with van der Waals surface area (Å²) in [5, 5.41) is 5.62. The Hall–Kier alpha value is -1.12. The molecule has 1 aromatic heterocycles. The highest BCUT2D eigenvalue weighted by Gasteiger charge is 2.13. The molecule has 2 rings (SSSR count). The largest absolute Gasteiger partial charge is 0.312 e. The van der Waals surface area contributed by atoms with Crippen LogP contribution in [0.25, 0.3) is 0 Å². The van der Waals surface area contributed by atoms with Crippen molar-refractivity contribution in [3.63, 3.8) is 0 Å². The average Bonchev–Trinajstić information content (AvgIpc) is 2.83. The van der Waals surface area contributed by atoms with Crippen molar-refractivity contribution in [2.45, 2.75) is 39.2 Å². The van der Waals surface area contributed by atoms with Gasteiger partial charge in [0.2, 0.25) is 0 Å². The Morgan fingerprint density at radius 2 is 1.79 bits per heavy atom. The lowest BCUT2D eigenvalue weighted by molar-refractivity contribution is 0.599. The van der Waals surface area contributed by atoms with E-state index in [2.05, 4.69) is 61.8 Å². The third kappa shape index (κ3) is 3.46. The molecule has 0 saturated heterocycles. The van der Waals surface area contributed by atoms with E-state index in [1.165, 1.54) is 21.6 Å². The number of likely N-dealkylation sites (N-methyl/N-ethyl adjacent to an activating group) is 1. The Labute approximate surface area is 120 Å². The number of rotatable bonds is 5. The van der Waals surface area contributed by atoms with E-state index in [4.69, 9.17) is 0 Å². The zero-order chi connectivity index (χ0) is 13.8. The van der Waals surface area contributed by atoms with Crippen LogP contribution >= 0.6 is 11.3 Å². The number of aryl methyl sites for hydroxylation is 1. The Bertz CT molecular complexity index is 510. The van der Waals surface area contributed by atoms with Crippen LogP contribution in [0.1, 0.15) is 47.4 Å². The van der Waals surface area contributed by atoms with Gasteiger partial charge in [-0.3, -0.25) is 0 Å². The second-order valence-corrected chi connectivity index (χ2v) is 6.36. The molecule has 1 N–H and O–H groups in total. The summed E-state index contributed by atoms with van der Waals surface area (Å²) >= 11 is 1.85. The monoisotopic (exact) mass is 273 g/mol. The summed E-state index contributed by atoms with van der Waals surface area (Å²) in [7, 11) is 2.05. The maximum atomic E-state index is 3.44. The first-order valence-electron chi connectivity index (χ1n) is 6.92. The van der Waals surface area contributed by atoms with Gasteiger partial charge in [0, 0.05) is 10.9 Å². The van der Waals surface area contributed by atoms with E-state index in [0.717, 1.165) is 6.42 Å². The van der Waals surface area contributed by atoms with E-state index < -0.39 is 0 Å². The predicted octanol–water partition coefficient (Wildman–Crippen LogP) is 4.68. The van der Waals surface area contributed by atoms with E-state index >= 15 is 0 Å². The molecule has 0 aliphatic carbocycles. The average molecular weight is 273 g/mol. The van der Waals surface area contributed by atoms with Crippen LogP contribution in [0.2, 0.25) is 0 Å². The number of benzene rings is 1. The standard InChI is InChI=1S/C17H23NS/c1-12(2)15-7-5-14(6-8-15)11-16(18-4)17-13(3)9-10-19-17/h5-10,12,16,18H,11H2,1-4H3. The van der Waals surface area contributed by atoms with Crippen LogP contribution in [0.5, 0.6) is 0 Å². The van der Waals surface area contributed by atoms with E-state index in [1.807, 2.05) is 18.4 Å². The van der Waals surface area contributed by atoms with Crippen LogP contribution in [-0.2, 0) is 6.42 Å². The van der Waals surface area contributed by atoms with Crippen molar-refractivity contribution in [1.29, 1.82) is 0 Å². The van der Waals surface area contributed by atoms with Gasteiger partial charge in [0.05, 0.1) is 0 Å². The lowest BCUT2D eigenvalue weighted by atomic mass is 9.98. The third-order valence-electron chi connectivity index (χ3n) is 3.65. The van der Waals surface area contributed by atoms with Crippen LogP contribution in [0.3, 0.4) is 0 Å². The van der Waals surface area contributed by atoms with Crippen molar-refractivity contribution in [2.75, 3.05) is 7.05 Å². The molecule has 0 aliphatic heterocycles. The molecule has 1 unspecified atom stereocenters. The molecule has 0 radical (unpaired) electrons. The van der Waals surface area contributed by atoms with Gasteiger partial charge in [-0.25, -0.2) is 0 Å². The minimum atomic E-state index is 0.421. The highest BCUT2D eigenvalue weighted by atomic mass is 32.1. The molecule has 1 heterocycles. The van der Waals surface area contributed by atoms with Crippen molar-refractivity contribution >= 4 is 11.3 Å². The molecule has 0 bridgehead atoms. The molecule has 2 heteroatoms. The normalized spacial score (nSPS) is 12.9. The van der Waals surface area contributed by atoms with Gasteiger partial charge in [-0.2, -0.15) is 0 Å². The maximum absolute atomic E-state index is 3.44. The first kappa shape index (κ1) is 14.3. The maximum Gasteiger partial charge on any atom is 0.0455 e. The fourth-order valence-electron chi connectivity index (χ4n) is 2.34. The zero-order valence-electron chi connectivity index (χ0n) is 12.2. The summed E-state index contributed by atoms with van der Waals surface area (Å²) in [6, 6.07) is 11.7.